The van der Waals surface area contributed by atoms with E-state index in [1.54, 1.807) is 24.3 Å². The standard InChI is InChI=1S/C31H29NO3/c1-22(2)35-31(34)26-18-20-27(21-19-26)32-30(33)29(25-16-10-5-11-17-25)28(23-12-6-3-7-13-23)24-14-8-4-9-15-24/h3-22,28-29H,1-2H3,(H,32,33). The second kappa shape index (κ2) is 11.3. The van der Waals surface area contributed by atoms with Crippen LogP contribution < -0.4 is 5.32 Å². The fourth-order valence-electron chi connectivity index (χ4n) is 4.25. The van der Waals surface area contributed by atoms with Gasteiger partial charge >= 0.3 is 5.97 Å². The lowest BCUT2D eigenvalue weighted by Gasteiger charge is -2.28. The number of hydrogen-bond acceptors (Lipinski definition) is 3. The molecule has 1 amide bonds. The summed E-state index contributed by atoms with van der Waals surface area (Å²) >= 11 is 0. The van der Waals surface area contributed by atoms with Crippen molar-refractivity contribution in [2.75, 3.05) is 5.32 Å². The van der Waals surface area contributed by atoms with Crippen LogP contribution >= 0.6 is 0 Å². The van der Waals surface area contributed by atoms with E-state index in [0.29, 0.717) is 11.3 Å². The van der Waals surface area contributed by atoms with E-state index in [9.17, 15) is 9.59 Å². The van der Waals surface area contributed by atoms with Crippen LogP contribution in [0.2, 0.25) is 0 Å². The van der Waals surface area contributed by atoms with Gasteiger partial charge in [-0.2, -0.15) is 0 Å². The van der Waals surface area contributed by atoms with Crippen LogP contribution in [0.15, 0.2) is 115 Å². The largest absolute Gasteiger partial charge is 0.459 e. The van der Waals surface area contributed by atoms with Crippen molar-refractivity contribution in [3.63, 3.8) is 0 Å². The van der Waals surface area contributed by atoms with E-state index < -0.39 is 5.92 Å². The number of benzene rings is 4. The van der Waals surface area contributed by atoms with Gasteiger partial charge in [0.2, 0.25) is 5.91 Å². The third-order valence-electron chi connectivity index (χ3n) is 5.82. The maximum Gasteiger partial charge on any atom is 0.338 e. The third kappa shape index (κ3) is 6.04. The molecular weight excluding hydrogens is 434 g/mol. The number of anilines is 1. The number of nitrogens with one attached hydrogen (secondary N) is 1. The van der Waals surface area contributed by atoms with Crippen molar-refractivity contribution in [2.45, 2.75) is 31.8 Å². The summed E-state index contributed by atoms with van der Waals surface area (Å²) in [5.41, 5.74) is 4.13. The molecule has 0 aliphatic rings. The smallest absolute Gasteiger partial charge is 0.338 e. The minimum Gasteiger partial charge on any atom is -0.459 e. The van der Waals surface area contributed by atoms with Crippen LogP contribution in [0.1, 0.15) is 52.7 Å². The maximum absolute atomic E-state index is 13.9. The fourth-order valence-corrected chi connectivity index (χ4v) is 4.25. The second-order valence-corrected chi connectivity index (χ2v) is 8.71. The highest BCUT2D eigenvalue weighted by Crippen LogP contribution is 2.39. The molecule has 4 nitrogen and oxygen atoms in total. The van der Waals surface area contributed by atoms with E-state index >= 15 is 0 Å². The lowest BCUT2D eigenvalue weighted by Crippen LogP contribution is -2.27. The molecular formula is C31H29NO3. The van der Waals surface area contributed by atoms with E-state index in [2.05, 4.69) is 29.6 Å². The Bertz CT molecular complexity index is 1200. The molecule has 0 aliphatic heterocycles. The number of amides is 1. The summed E-state index contributed by atoms with van der Waals surface area (Å²) in [5, 5.41) is 3.08. The molecule has 4 aromatic rings. The predicted octanol–water partition coefficient (Wildman–Crippen LogP) is 6.81. The monoisotopic (exact) mass is 463 g/mol. The number of carbonyl (C=O) groups is 2. The third-order valence-corrected chi connectivity index (χ3v) is 5.82. The molecule has 1 unspecified atom stereocenters. The summed E-state index contributed by atoms with van der Waals surface area (Å²) in [6.45, 7) is 3.62. The van der Waals surface area contributed by atoms with Crippen LogP contribution in [0.4, 0.5) is 5.69 Å². The highest BCUT2D eigenvalue weighted by Gasteiger charge is 2.32. The van der Waals surface area contributed by atoms with Crippen LogP contribution in [-0.2, 0) is 9.53 Å². The summed E-state index contributed by atoms with van der Waals surface area (Å²) < 4.78 is 5.26. The SMILES string of the molecule is CC(C)OC(=O)c1ccc(NC(=O)C(c2ccccc2)C(c2ccccc2)c2ccccc2)cc1. The fraction of sp³-hybridized carbons (Fsp3) is 0.161. The molecule has 0 aromatic heterocycles. The van der Waals surface area contributed by atoms with Crippen molar-refractivity contribution in [2.24, 2.45) is 0 Å². The van der Waals surface area contributed by atoms with Crippen LogP contribution in [0.5, 0.6) is 0 Å². The van der Waals surface area contributed by atoms with Gasteiger partial charge in [0.05, 0.1) is 17.6 Å². The first-order chi connectivity index (χ1) is 17.0. The molecule has 4 rings (SSSR count). The molecule has 4 aromatic carbocycles. The topological polar surface area (TPSA) is 55.4 Å². The Hall–Kier alpha value is -4.18. The van der Waals surface area contributed by atoms with Gasteiger partial charge in [0.25, 0.3) is 0 Å². The lowest BCUT2D eigenvalue weighted by molar-refractivity contribution is -0.117. The molecule has 0 bridgehead atoms. The summed E-state index contributed by atoms with van der Waals surface area (Å²) in [6.07, 6.45) is -0.193. The normalized spacial score (nSPS) is 11.8. The highest BCUT2D eigenvalue weighted by molar-refractivity contribution is 5.97. The highest BCUT2D eigenvalue weighted by atomic mass is 16.5. The number of rotatable bonds is 8. The van der Waals surface area contributed by atoms with E-state index in [4.69, 9.17) is 4.74 Å². The van der Waals surface area contributed by atoms with Crippen molar-refractivity contribution in [1.29, 1.82) is 0 Å². The van der Waals surface area contributed by atoms with Gasteiger partial charge in [-0.15, -0.1) is 0 Å². The maximum atomic E-state index is 13.9. The first kappa shape index (κ1) is 24.0. The summed E-state index contributed by atoms with van der Waals surface area (Å²) in [4.78, 5) is 26.0. The molecule has 4 heteroatoms. The molecule has 0 saturated carbocycles. The van der Waals surface area contributed by atoms with E-state index in [-0.39, 0.29) is 23.9 Å². The Morgan fingerprint density at radius 1 is 0.629 bits per heavy atom. The number of carbonyl (C=O) groups excluding carboxylic acids is 2. The van der Waals surface area contributed by atoms with Gasteiger partial charge in [-0.1, -0.05) is 91.0 Å². The zero-order valence-electron chi connectivity index (χ0n) is 19.9. The molecule has 176 valence electrons. The second-order valence-electron chi connectivity index (χ2n) is 8.71. The molecule has 1 N–H and O–H groups in total. The zero-order valence-corrected chi connectivity index (χ0v) is 19.9. The van der Waals surface area contributed by atoms with Gasteiger partial charge in [0.15, 0.2) is 0 Å². The van der Waals surface area contributed by atoms with Gasteiger partial charge in [0.1, 0.15) is 0 Å². The Balaban J connectivity index is 1.69. The average molecular weight is 464 g/mol. The number of ether oxygens (including phenoxy) is 1. The molecule has 0 saturated heterocycles. The molecule has 0 aliphatic carbocycles. The molecule has 35 heavy (non-hydrogen) atoms. The average Bonchev–Trinajstić information content (AvgIpc) is 2.88. The van der Waals surface area contributed by atoms with E-state index in [1.165, 1.54) is 0 Å². The minimum atomic E-state index is -0.466. The first-order valence-electron chi connectivity index (χ1n) is 11.8. The summed E-state index contributed by atoms with van der Waals surface area (Å²) in [5.74, 6) is -1.15. The molecule has 1 atom stereocenters. The zero-order chi connectivity index (χ0) is 24.6. The molecule has 0 spiro atoms. The lowest BCUT2D eigenvalue weighted by atomic mass is 9.76. The Labute approximate surface area is 206 Å². The predicted molar refractivity (Wildman–Crippen MR) is 140 cm³/mol. The van der Waals surface area contributed by atoms with Crippen LogP contribution in [-0.4, -0.2) is 18.0 Å². The van der Waals surface area contributed by atoms with Crippen molar-refractivity contribution in [1.82, 2.24) is 0 Å². The molecule has 0 radical (unpaired) electrons. The minimum absolute atomic E-state index is 0.119. The van der Waals surface area contributed by atoms with Gasteiger partial charge in [0, 0.05) is 11.6 Å². The Morgan fingerprint density at radius 2 is 1.09 bits per heavy atom. The van der Waals surface area contributed by atoms with Crippen molar-refractivity contribution < 1.29 is 14.3 Å². The number of hydrogen-bond donors (Lipinski definition) is 1. The van der Waals surface area contributed by atoms with Gasteiger partial charge < -0.3 is 10.1 Å². The van der Waals surface area contributed by atoms with Crippen LogP contribution in [0.25, 0.3) is 0 Å². The molecule has 0 heterocycles. The van der Waals surface area contributed by atoms with Crippen molar-refractivity contribution in [3.05, 3.63) is 138 Å². The molecule has 0 fully saturated rings. The quantitative estimate of drug-likeness (QED) is 0.292. The van der Waals surface area contributed by atoms with E-state index in [0.717, 1.165) is 16.7 Å². The Morgan fingerprint density at radius 3 is 1.54 bits per heavy atom. The van der Waals surface area contributed by atoms with E-state index in [1.807, 2.05) is 80.6 Å². The van der Waals surface area contributed by atoms with Gasteiger partial charge in [-0.3, -0.25) is 4.79 Å². The van der Waals surface area contributed by atoms with Gasteiger partial charge in [-0.05, 0) is 54.8 Å². The summed E-state index contributed by atoms with van der Waals surface area (Å²) in [7, 11) is 0. The van der Waals surface area contributed by atoms with Crippen molar-refractivity contribution >= 4 is 17.6 Å². The summed E-state index contributed by atoms with van der Waals surface area (Å²) in [6, 6.07) is 36.9. The Kier molecular flexibility index (Phi) is 7.74. The van der Waals surface area contributed by atoms with Gasteiger partial charge in [-0.25, -0.2) is 4.79 Å². The van der Waals surface area contributed by atoms with Crippen molar-refractivity contribution in [3.8, 4) is 0 Å². The van der Waals surface area contributed by atoms with Crippen LogP contribution in [0, 0.1) is 0 Å². The first-order valence-corrected chi connectivity index (χ1v) is 11.8. The van der Waals surface area contributed by atoms with Crippen LogP contribution in [0.3, 0.4) is 0 Å². The number of esters is 1.